The van der Waals surface area contributed by atoms with Crippen LogP contribution in [-0.2, 0) is 17.6 Å². The van der Waals surface area contributed by atoms with Gasteiger partial charge in [-0.25, -0.2) is 9.78 Å². The fraction of sp³-hybridized carbons (Fsp3) is 0.500. The first-order chi connectivity index (χ1) is 16.0. The Balaban J connectivity index is 1.36. The van der Waals surface area contributed by atoms with Crippen LogP contribution in [0.2, 0.25) is 0 Å². The van der Waals surface area contributed by atoms with Crippen LogP contribution in [0, 0.1) is 0 Å². The zero-order valence-corrected chi connectivity index (χ0v) is 19.0. The normalized spacial score (nSPS) is 16.3. The molecule has 1 fully saturated rings. The molecule has 0 radical (unpaired) electrons. The Bertz CT molecular complexity index is 981. The third-order valence-corrected chi connectivity index (χ3v) is 6.11. The van der Waals surface area contributed by atoms with Crippen molar-refractivity contribution in [2.75, 3.05) is 38.1 Å². The Labute approximate surface area is 193 Å². The number of hydrogen-bond donors (Lipinski definition) is 2. The van der Waals surface area contributed by atoms with E-state index in [0.29, 0.717) is 37.7 Å². The molecule has 2 aliphatic rings. The first-order valence-corrected chi connectivity index (χ1v) is 11.6. The minimum atomic E-state index is -0.951. The number of carbonyl (C=O) groups is 2. The molecule has 1 saturated heterocycles. The number of pyridine rings is 2. The molecule has 9 nitrogen and oxygen atoms in total. The Morgan fingerprint density at radius 2 is 2.15 bits per heavy atom. The summed E-state index contributed by atoms with van der Waals surface area (Å²) >= 11 is 0. The minimum Gasteiger partial charge on any atom is -0.481 e. The molecule has 9 heteroatoms. The summed E-state index contributed by atoms with van der Waals surface area (Å²) in [5.74, 6) is -0.468. The molecule has 2 aromatic rings. The first kappa shape index (κ1) is 22.8. The highest BCUT2D eigenvalue weighted by atomic mass is 16.5. The number of nitrogens with one attached hydrogen (secondary N) is 1. The number of urea groups is 1. The Kier molecular flexibility index (Phi) is 7.26. The predicted octanol–water partition coefficient (Wildman–Crippen LogP) is 3.12. The second-order valence-corrected chi connectivity index (χ2v) is 8.37. The summed E-state index contributed by atoms with van der Waals surface area (Å²) in [5.41, 5.74) is 4.00. The molecule has 0 unspecified atom stereocenters. The summed E-state index contributed by atoms with van der Waals surface area (Å²) in [6.07, 6.45) is 5.16. The first-order valence-electron chi connectivity index (χ1n) is 11.6. The summed E-state index contributed by atoms with van der Waals surface area (Å²) in [5, 5.41) is 12.8. The largest absolute Gasteiger partial charge is 0.481 e. The van der Waals surface area contributed by atoms with Crippen LogP contribution in [-0.4, -0.2) is 69.7 Å². The molecule has 176 valence electrons. The van der Waals surface area contributed by atoms with Crippen LogP contribution in [0.15, 0.2) is 30.5 Å². The van der Waals surface area contributed by atoms with E-state index in [-0.39, 0.29) is 12.5 Å². The van der Waals surface area contributed by atoms with Crippen molar-refractivity contribution < 1.29 is 19.4 Å². The van der Waals surface area contributed by atoms with Gasteiger partial charge in [-0.15, -0.1) is 0 Å². The van der Waals surface area contributed by atoms with E-state index in [4.69, 9.17) is 9.72 Å². The number of anilines is 1. The predicted molar refractivity (Wildman–Crippen MR) is 123 cm³/mol. The van der Waals surface area contributed by atoms with Gasteiger partial charge < -0.3 is 25.0 Å². The van der Waals surface area contributed by atoms with Crippen LogP contribution in [0.1, 0.15) is 49.2 Å². The highest BCUT2D eigenvalue weighted by molar-refractivity contribution is 5.78. The smallest absolute Gasteiger partial charge is 0.320 e. The number of rotatable bonds is 10. The maximum absolute atomic E-state index is 13.1. The lowest BCUT2D eigenvalue weighted by molar-refractivity contribution is -0.138. The molecular weight excluding hydrogens is 422 g/mol. The van der Waals surface area contributed by atoms with E-state index in [1.54, 1.807) is 28.1 Å². The lowest BCUT2D eigenvalue weighted by Crippen LogP contribution is -2.36. The summed E-state index contributed by atoms with van der Waals surface area (Å²) in [6.45, 7) is 5.07. The molecule has 33 heavy (non-hydrogen) atoms. The van der Waals surface area contributed by atoms with Crippen molar-refractivity contribution in [1.29, 1.82) is 0 Å². The molecule has 0 aromatic carbocycles. The molecule has 4 rings (SSSR count). The molecule has 0 bridgehead atoms. The lowest BCUT2D eigenvalue weighted by atomic mass is 10.0. The number of nitrogens with zero attached hydrogens (tertiary/aromatic N) is 4. The number of aliphatic carboxylic acids is 1. The van der Waals surface area contributed by atoms with Crippen LogP contribution in [0.5, 0.6) is 5.88 Å². The third-order valence-electron chi connectivity index (χ3n) is 6.11. The van der Waals surface area contributed by atoms with Gasteiger partial charge in [0, 0.05) is 44.1 Å². The molecule has 0 aliphatic carbocycles. The number of carboxylic acids is 1. The average molecular weight is 454 g/mol. The van der Waals surface area contributed by atoms with E-state index in [1.807, 2.05) is 6.92 Å². The van der Waals surface area contributed by atoms with Crippen molar-refractivity contribution >= 4 is 17.7 Å². The zero-order chi connectivity index (χ0) is 23.2. The van der Waals surface area contributed by atoms with Crippen LogP contribution in [0.3, 0.4) is 0 Å². The van der Waals surface area contributed by atoms with Crippen LogP contribution >= 0.6 is 0 Å². The second-order valence-electron chi connectivity index (χ2n) is 8.37. The highest BCUT2D eigenvalue weighted by Crippen LogP contribution is 2.29. The van der Waals surface area contributed by atoms with Gasteiger partial charge in [-0.3, -0.25) is 9.78 Å². The number of fused-ring (bicyclic) bond motifs is 1. The zero-order valence-electron chi connectivity index (χ0n) is 19.0. The Hall–Kier alpha value is -3.36. The number of ether oxygens (including phenoxy) is 1. The standard InChI is InChI=1S/C24H31N5O4/c1-2-33-22-10-7-17(16-26-22)21(15-23(30)31)29-14-13-28(24(29)32)12-4-5-18-8-9-19-20(27-18)6-3-11-25-19/h7-10,16,21,25H,2-6,11-15H2,1H3,(H,30,31)/t21-/m0/s1. The van der Waals surface area contributed by atoms with Crippen LogP contribution in [0.4, 0.5) is 10.5 Å². The van der Waals surface area contributed by atoms with Crippen molar-refractivity contribution in [2.45, 2.75) is 45.1 Å². The summed E-state index contributed by atoms with van der Waals surface area (Å²) in [6, 6.07) is 6.97. The molecular formula is C24H31N5O4. The van der Waals surface area contributed by atoms with Crippen LogP contribution < -0.4 is 10.1 Å². The van der Waals surface area contributed by atoms with Gasteiger partial charge in [-0.2, -0.15) is 0 Å². The third kappa shape index (κ3) is 5.53. The monoisotopic (exact) mass is 453 g/mol. The minimum absolute atomic E-state index is 0.127. The van der Waals surface area contributed by atoms with Crippen molar-refractivity contribution in [2.24, 2.45) is 0 Å². The van der Waals surface area contributed by atoms with Crippen molar-refractivity contribution in [1.82, 2.24) is 19.8 Å². The van der Waals surface area contributed by atoms with Gasteiger partial charge in [-0.1, -0.05) is 6.07 Å². The molecule has 1 atom stereocenters. The van der Waals surface area contributed by atoms with Crippen molar-refractivity contribution in [3.63, 3.8) is 0 Å². The van der Waals surface area contributed by atoms with E-state index in [1.165, 1.54) is 0 Å². The Morgan fingerprint density at radius 1 is 1.27 bits per heavy atom. The number of carboxylic acid groups (broad SMARTS) is 1. The van der Waals surface area contributed by atoms with Gasteiger partial charge >= 0.3 is 12.0 Å². The SMILES string of the molecule is CCOc1ccc([C@H](CC(=O)O)N2CCN(CCCc3ccc4c(n3)CCCN4)C2=O)cn1. The molecule has 2 N–H and O–H groups in total. The molecule has 0 spiro atoms. The number of aryl methyl sites for hydroxylation is 2. The number of amides is 2. The number of carbonyl (C=O) groups excluding carboxylic acids is 1. The maximum Gasteiger partial charge on any atom is 0.320 e. The highest BCUT2D eigenvalue weighted by Gasteiger charge is 2.35. The molecule has 2 amide bonds. The average Bonchev–Trinajstić information content (AvgIpc) is 3.18. The van der Waals surface area contributed by atoms with E-state index in [0.717, 1.165) is 49.3 Å². The van der Waals surface area contributed by atoms with Gasteiger partial charge in [0.25, 0.3) is 0 Å². The van der Waals surface area contributed by atoms with Gasteiger partial charge in [0.1, 0.15) is 0 Å². The fourth-order valence-electron chi connectivity index (χ4n) is 4.46. The fourth-order valence-corrected chi connectivity index (χ4v) is 4.46. The van der Waals surface area contributed by atoms with Crippen LogP contribution in [0.25, 0.3) is 0 Å². The number of hydrogen-bond acceptors (Lipinski definition) is 6. The quantitative estimate of drug-likeness (QED) is 0.569. The lowest BCUT2D eigenvalue weighted by Gasteiger charge is -2.27. The molecule has 2 aromatic heterocycles. The van der Waals surface area contributed by atoms with E-state index in [2.05, 4.69) is 22.4 Å². The molecule has 0 saturated carbocycles. The van der Waals surface area contributed by atoms with Gasteiger partial charge in [0.15, 0.2) is 0 Å². The van der Waals surface area contributed by atoms with E-state index < -0.39 is 12.0 Å². The van der Waals surface area contributed by atoms with Crippen molar-refractivity contribution in [3.05, 3.63) is 47.4 Å². The van der Waals surface area contributed by atoms with E-state index >= 15 is 0 Å². The summed E-state index contributed by atoms with van der Waals surface area (Å²) < 4.78 is 5.37. The Morgan fingerprint density at radius 3 is 2.91 bits per heavy atom. The van der Waals surface area contributed by atoms with Gasteiger partial charge in [0.05, 0.1) is 30.5 Å². The van der Waals surface area contributed by atoms with Gasteiger partial charge in [0.2, 0.25) is 5.88 Å². The topological polar surface area (TPSA) is 108 Å². The summed E-state index contributed by atoms with van der Waals surface area (Å²) in [7, 11) is 0. The molecule has 4 heterocycles. The summed E-state index contributed by atoms with van der Waals surface area (Å²) in [4.78, 5) is 37.1. The second kappa shape index (κ2) is 10.5. The van der Waals surface area contributed by atoms with Gasteiger partial charge in [-0.05, 0) is 50.3 Å². The maximum atomic E-state index is 13.1. The van der Waals surface area contributed by atoms with Crippen molar-refractivity contribution in [3.8, 4) is 5.88 Å². The number of aromatic nitrogens is 2. The molecule has 2 aliphatic heterocycles. The van der Waals surface area contributed by atoms with E-state index in [9.17, 15) is 14.7 Å².